The molecule has 1 atom stereocenters. The normalized spacial score (nSPS) is 15.9. The summed E-state index contributed by atoms with van der Waals surface area (Å²) >= 11 is 1.21. The quantitative estimate of drug-likeness (QED) is 0.406. The highest BCUT2D eigenvalue weighted by Gasteiger charge is 2.40. The monoisotopic (exact) mass is 503 g/mol. The number of halogens is 4. The van der Waals surface area contributed by atoms with Crippen LogP contribution in [0.15, 0.2) is 42.6 Å². The van der Waals surface area contributed by atoms with Crippen LogP contribution in [-0.4, -0.2) is 33.7 Å². The standard InChI is InChI=1S/C24H21F4N5OS/c1-2-33-12-18(23(31-33)24(26,27)28)22-15(5-3-6-19(22)25)17-11-32(21(34)7-4-8-29)13-20-16(17)9-14(10-30)35-20/h3-7,9,12,17H,2,8,11,13,29H2,1H3/b7-4+/t17-/m0/s1. The Balaban J connectivity index is 1.91. The summed E-state index contributed by atoms with van der Waals surface area (Å²) in [5, 5.41) is 13.1. The summed E-state index contributed by atoms with van der Waals surface area (Å²) in [4.78, 5) is 15.4. The Bertz CT molecular complexity index is 1330. The Labute approximate surface area is 202 Å². The number of hydrogen-bond donors (Lipinski definition) is 1. The van der Waals surface area contributed by atoms with E-state index in [1.165, 1.54) is 40.7 Å². The van der Waals surface area contributed by atoms with Gasteiger partial charge in [0.05, 0.1) is 6.54 Å². The van der Waals surface area contributed by atoms with Crippen molar-refractivity contribution in [3.63, 3.8) is 0 Å². The van der Waals surface area contributed by atoms with Crippen LogP contribution in [0.4, 0.5) is 17.6 Å². The highest BCUT2D eigenvalue weighted by atomic mass is 32.1. The third kappa shape index (κ3) is 4.72. The minimum absolute atomic E-state index is 0.0993. The van der Waals surface area contributed by atoms with Crippen molar-refractivity contribution in [1.82, 2.24) is 14.7 Å². The lowest BCUT2D eigenvalue weighted by molar-refractivity contribution is -0.141. The molecule has 11 heteroatoms. The van der Waals surface area contributed by atoms with Crippen molar-refractivity contribution >= 4 is 17.2 Å². The first-order chi connectivity index (χ1) is 16.7. The van der Waals surface area contributed by atoms with Gasteiger partial charge < -0.3 is 10.6 Å². The van der Waals surface area contributed by atoms with E-state index in [1.54, 1.807) is 19.1 Å². The molecule has 1 aromatic carbocycles. The molecule has 182 valence electrons. The fourth-order valence-corrected chi connectivity index (χ4v) is 5.31. The van der Waals surface area contributed by atoms with Gasteiger partial charge >= 0.3 is 6.18 Å². The van der Waals surface area contributed by atoms with Crippen molar-refractivity contribution in [3.8, 4) is 17.2 Å². The van der Waals surface area contributed by atoms with Gasteiger partial charge in [0, 0.05) is 53.8 Å². The van der Waals surface area contributed by atoms with E-state index >= 15 is 4.39 Å². The fraction of sp³-hybridized carbons (Fsp3) is 0.292. The molecule has 2 aromatic heterocycles. The van der Waals surface area contributed by atoms with Crippen molar-refractivity contribution in [2.75, 3.05) is 13.1 Å². The van der Waals surface area contributed by atoms with Gasteiger partial charge in [0.2, 0.25) is 5.91 Å². The summed E-state index contributed by atoms with van der Waals surface area (Å²) in [7, 11) is 0. The summed E-state index contributed by atoms with van der Waals surface area (Å²) in [6.07, 6.45) is -0.765. The predicted octanol–water partition coefficient (Wildman–Crippen LogP) is 4.65. The highest BCUT2D eigenvalue weighted by Crippen LogP contribution is 2.45. The summed E-state index contributed by atoms with van der Waals surface area (Å²) < 4.78 is 58.0. The number of aromatic nitrogens is 2. The second-order valence-electron chi connectivity index (χ2n) is 7.96. The summed E-state index contributed by atoms with van der Waals surface area (Å²) in [5.41, 5.74) is 4.68. The maximum absolute atomic E-state index is 15.3. The number of benzene rings is 1. The average molecular weight is 504 g/mol. The number of rotatable bonds is 5. The summed E-state index contributed by atoms with van der Waals surface area (Å²) in [6, 6.07) is 7.84. The molecule has 0 saturated carbocycles. The van der Waals surface area contributed by atoms with Crippen molar-refractivity contribution in [2.45, 2.75) is 32.1 Å². The van der Waals surface area contributed by atoms with Crippen LogP contribution >= 0.6 is 11.3 Å². The number of nitrogens with zero attached hydrogens (tertiary/aromatic N) is 4. The van der Waals surface area contributed by atoms with Crippen LogP contribution in [0.5, 0.6) is 0 Å². The number of fused-ring (bicyclic) bond motifs is 1. The summed E-state index contributed by atoms with van der Waals surface area (Å²) in [6.45, 7) is 2.31. The minimum atomic E-state index is -4.79. The first-order valence-electron chi connectivity index (χ1n) is 10.8. The number of carbonyl (C=O) groups excluding carboxylic acids is 1. The number of carbonyl (C=O) groups is 1. The molecular formula is C24H21F4N5OS. The van der Waals surface area contributed by atoms with Gasteiger partial charge in [0.1, 0.15) is 16.8 Å². The lowest BCUT2D eigenvalue weighted by Crippen LogP contribution is -2.37. The topological polar surface area (TPSA) is 87.9 Å². The van der Waals surface area contributed by atoms with Crippen molar-refractivity contribution < 1.29 is 22.4 Å². The zero-order valence-electron chi connectivity index (χ0n) is 18.6. The van der Waals surface area contributed by atoms with E-state index in [2.05, 4.69) is 11.2 Å². The second-order valence-corrected chi connectivity index (χ2v) is 9.10. The molecule has 1 aliphatic rings. The van der Waals surface area contributed by atoms with Crippen LogP contribution in [0.2, 0.25) is 0 Å². The molecule has 0 unspecified atom stereocenters. The van der Waals surface area contributed by atoms with Crippen molar-refractivity contribution in [3.05, 3.63) is 75.0 Å². The third-order valence-corrected chi connectivity index (χ3v) is 6.86. The van der Waals surface area contributed by atoms with Gasteiger partial charge in [-0.2, -0.15) is 23.5 Å². The second kappa shape index (κ2) is 9.64. The number of aryl methyl sites for hydroxylation is 1. The molecule has 2 N–H and O–H groups in total. The smallest absolute Gasteiger partial charge is 0.333 e. The van der Waals surface area contributed by atoms with Crippen LogP contribution in [-0.2, 0) is 24.1 Å². The maximum Gasteiger partial charge on any atom is 0.435 e. The number of hydrogen-bond acceptors (Lipinski definition) is 5. The Kier molecular flexibility index (Phi) is 6.78. The number of nitriles is 1. The first kappa shape index (κ1) is 24.6. The molecule has 0 bridgehead atoms. The number of nitrogens with two attached hydrogens (primary N) is 1. The number of thiophene rings is 1. The van der Waals surface area contributed by atoms with Gasteiger partial charge in [0.25, 0.3) is 0 Å². The van der Waals surface area contributed by atoms with Gasteiger partial charge in [0.15, 0.2) is 5.69 Å². The van der Waals surface area contributed by atoms with E-state index in [4.69, 9.17) is 5.73 Å². The number of alkyl halides is 3. The zero-order valence-corrected chi connectivity index (χ0v) is 19.5. The molecular weight excluding hydrogens is 482 g/mol. The molecule has 0 aliphatic carbocycles. The van der Waals surface area contributed by atoms with Gasteiger partial charge in [-0.3, -0.25) is 9.48 Å². The number of amides is 1. The molecule has 35 heavy (non-hydrogen) atoms. The van der Waals surface area contributed by atoms with E-state index in [0.29, 0.717) is 10.4 Å². The maximum atomic E-state index is 15.3. The van der Waals surface area contributed by atoms with Crippen LogP contribution in [0.1, 0.15) is 39.4 Å². The SMILES string of the molecule is CCn1cc(-c2c(F)cccc2[C@@H]2CN(C(=O)/C=C/CN)Cc3sc(C#N)cc32)c(C(F)(F)F)n1. The highest BCUT2D eigenvalue weighted by molar-refractivity contribution is 7.12. The lowest BCUT2D eigenvalue weighted by atomic mass is 9.83. The minimum Gasteiger partial charge on any atom is -0.333 e. The van der Waals surface area contributed by atoms with E-state index in [9.17, 15) is 23.2 Å². The van der Waals surface area contributed by atoms with Gasteiger partial charge in [-0.15, -0.1) is 11.3 Å². The van der Waals surface area contributed by atoms with E-state index in [-0.39, 0.29) is 48.8 Å². The molecule has 0 spiro atoms. The molecule has 3 heterocycles. The first-order valence-corrected chi connectivity index (χ1v) is 11.6. The van der Waals surface area contributed by atoms with E-state index < -0.39 is 23.6 Å². The summed E-state index contributed by atoms with van der Waals surface area (Å²) in [5.74, 6) is -1.80. The molecule has 1 amide bonds. The van der Waals surface area contributed by atoms with E-state index in [0.717, 1.165) is 15.6 Å². The largest absolute Gasteiger partial charge is 0.435 e. The average Bonchev–Trinajstić information content (AvgIpc) is 3.45. The molecule has 0 saturated heterocycles. The van der Waals surface area contributed by atoms with Crippen LogP contribution in [0, 0.1) is 17.1 Å². The van der Waals surface area contributed by atoms with Gasteiger partial charge in [-0.05, 0) is 30.2 Å². The molecule has 0 radical (unpaired) electrons. The van der Waals surface area contributed by atoms with Crippen LogP contribution < -0.4 is 5.73 Å². The van der Waals surface area contributed by atoms with Gasteiger partial charge in [-0.1, -0.05) is 18.2 Å². The molecule has 4 rings (SSSR count). The van der Waals surface area contributed by atoms with Crippen LogP contribution in [0.25, 0.3) is 11.1 Å². The zero-order chi connectivity index (χ0) is 25.3. The molecule has 1 aliphatic heterocycles. The van der Waals surface area contributed by atoms with Crippen LogP contribution in [0.3, 0.4) is 0 Å². The Morgan fingerprint density at radius 3 is 2.80 bits per heavy atom. The van der Waals surface area contributed by atoms with E-state index in [1.807, 2.05) is 0 Å². The predicted molar refractivity (Wildman–Crippen MR) is 123 cm³/mol. The lowest BCUT2D eigenvalue weighted by Gasteiger charge is -2.33. The fourth-order valence-electron chi connectivity index (χ4n) is 4.27. The third-order valence-electron chi connectivity index (χ3n) is 5.82. The Hall–Kier alpha value is -3.49. The van der Waals surface area contributed by atoms with Crippen molar-refractivity contribution in [2.24, 2.45) is 5.73 Å². The van der Waals surface area contributed by atoms with Crippen molar-refractivity contribution in [1.29, 1.82) is 5.26 Å². The Morgan fingerprint density at radius 2 is 2.14 bits per heavy atom. The Morgan fingerprint density at radius 1 is 1.37 bits per heavy atom. The molecule has 3 aromatic rings. The molecule has 0 fully saturated rings. The van der Waals surface area contributed by atoms with Gasteiger partial charge in [-0.25, -0.2) is 4.39 Å². The molecule has 6 nitrogen and oxygen atoms in total.